The number of rotatable bonds is 14. The Morgan fingerprint density at radius 1 is 1.05 bits per heavy atom. The summed E-state index contributed by atoms with van der Waals surface area (Å²) in [5.41, 5.74) is 0. The van der Waals surface area contributed by atoms with Crippen LogP contribution in [0.15, 0.2) is 18.2 Å². The van der Waals surface area contributed by atoms with Crippen molar-refractivity contribution in [2.75, 3.05) is 63.9 Å². The molecule has 1 aromatic heterocycles. The summed E-state index contributed by atoms with van der Waals surface area (Å²) in [7, 11) is 1.51. The Bertz CT molecular complexity index is 899. The van der Waals surface area contributed by atoms with E-state index in [2.05, 4.69) is 31.6 Å². The lowest BCUT2D eigenvalue weighted by atomic mass is 9.97. The van der Waals surface area contributed by atoms with Gasteiger partial charge in [0, 0.05) is 20.5 Å². The molecule has 2 rings (SSSR count). The highest BCUT2D eigenvalue weighted by Crippen LogP contribution is 2.22. The summed E-state index contributed by atoms with van der Waals surface area (Å²) in [6.45, 7) is 2.43. The lowest BCUT2D eigenvalue weighted by Gasteiger charge is -2.42. The number of hydrogen-bond acceptors (Lipinski definition) is 11. The molecule has 3 amide bonds. The fourth-order valence-corrected chi connectivity index (χ4v) is 3.51. The first-order chi connectivity index (χ1) is 18.2. The Morgan fingerprint density at radius 3 is 2.37 bits per heavy atom. The van der Waals surface area contributed by atoms with Gasteiger partial charge in [-0.15, -0.1) is 0 Å². The van der Waals surface area contributed by atoms with Crippen LogP contribution in [-0.2, 0) is 23.7 Å². The van der Waals surface area contributed by atoms with E-state index in [1.807, 2.05) is 0 Å². The highest BCUT2D eigenvalue weighted by molar-refractivity contribution is 7.80. The number of pyridine rings is 1. The number of nitrogens with zero attached hydrogens (tertiary/aromatic N) is 1. The maximum atomic E-state index is 11.4. The highest BCUT2D eigenvalue weighted by atomic mass is 32.1. The van der Waals surface area contributed by atoms with E-state index in [1.165, 1.54) is 14.0 Å². The molecule has 2 unspecified atom stereocenters. The van der Waals surface area contributed by atoms with Crippen LogP contribution >= 0.6 is 12.2 Å². The van der Waals surface area contributed by atoms with Gasteiger partial charge in [0.2, 0.25) is 5.91 Å². The number of carbonyl (C=O) groups excluding carboxylic acids is 2. The Kier molecular flexibility index (Phi) is 14.1. The van der Waals surface area contributed by atoms with Crippen LogP contribution in [-0.4, -0.2) is 121 Å². The third kappa shape index (κ3) is 11.0. The minimum absolute atomic E-state index is 0.0804. The number of ether oxygens (including phenoxy) is 4. The number of thiocarbonyl (C=S) groups is 1. The summed E-state index contributed by atoms with van der Waals surface area (Å²) in [6.07, 6.45) is -4.85. The third-order valence-electron chi connectivity index (χ3n) is 5.12. The van der Waals surface area contributed by atoms with Crippen LogP contribution in [0.3, 0.4) is 0 Å². The lowest BCUT2D eigenvalue weighted by Crippen LogP contribution is -2.64. The van der Waals surface area contributed by atoms with Crippen LogP contribution in [0.4, 0.5) is 16.4 Å². The summed E-state index contributed by atoms with van der Waals surface area (Å²) < 4.78 is 21.9. The highest BCUT2D eigenvalue weighted by Gasteiger charge is 2.45. The van der Waals surface area contributed by atoms with Crippen molar-refractivity contribution in [1.29, 1.82) is 0 Å². The summed E-state index contributed by atoms with van der Waals surface area (Å²) >= 11 is 5.22. The molecule has 5 atom stereocenters. The standard InChI is InChI=1S/C22H36N6O9S/c1-13(30)25-17-19(32)18(31)14(12-29)37-20(17)36-11-10-35-9-8-34-7-6-24-22(38)28-16-5-3-4-15(26-16)27-21(33)23-2/h3-5,14,17-20,29,31-32H,6-12H2,1-2H3,(H,25,30)(H4,23,24,26,27,28,33,38)/t14?,17?,18-,19-,20-/m1/s1. The molecule has 15 nitrogen and oxygen atoms in total. The lowest BCUT2D eigenvalue weighted by molar-refractivity contribution is -0.272. The molecular weight excluding hydrogens is 524 g/mol. The molecule has 0 aliphatic carbocycles. The number of nitrogens with one attached hydrogen (secondary N) is 5. The van der Waals surface area contributed by atoms with E-state index >= 15 is 0 Å². The summed E-state index contributed by atoms with van der Waals surface area (Å²) in [5.74, 6) is 0.407. The average molecular weight is 561 g/mol. The minimum Gasteiger partial charge on any atom is -0.394 e. The van der Waals surface area contributed by atoms with Gasteiger partial charge in [-0.05, 0) is 24.4 Å². The Morgan fingerprint density at radius 2 is 1.71 bits per heavy atom. The zero-order valence-electron chi connectivity index (χ0n) is 21.2. The largest absolute Gasteiger partial charge is 0.394 e. The van der Waals surface area contributed by atoms with Crippen molar-refractivity contribution >= 4 is 40.9 Å². The molecule has 8 N–H and O–H groups in total. The molecular formula is C22H36N6O9S. The van der Waals surface area contributed by atoms with Crippen molar-refractivity contribution in [1.82, 2.24) is 20.9 Å². The number of anilines is 2. The van der Waals surface area contributed by atoms with Crippen LogP contribution in [0.2, 0.25) is 0 Å². The summed E-state index contributed by atoms with van der Waals surface area (Å²) in [6, 6.07) is 3.70. The molecule has 0 radical (unpaired) electrons. The molecule has 1 saturated heterocycles. The van der Waals surface area contributed by atoms with Crippen LogP contribution < -0.4 is 26.6 Å². The molecule has 38 heavy (non-hydrogen) atoms. The van der Waals surface area contributed by atoms with E-state index in [-0.39, 0.29) is 19.2 Å². The van der Waals surface area contributed by atoms with Crippen LogP contribution in [0, 0.1) is 0 Å². The van der Waals surface area contributed by atoms with Crippen molar-refractivity contribution in [2.24, 2.45) is 0 Å². The van der Waals surface area contributed by atoms with E-state index in [4.69, 9.17) is 31.2 Å². The molecule has 214 valence electrons. The quantitative estimate of drug-likeness (QED) is 0.0927. The van der Waals surface area contributed by atoms with Gasteiger partial charge in [-0.2, -0.15) is 0 Å². The number of aliphatic hydroxyl groups excluding tert-OH is 3. The molecule has 0 bridgehead atoms. The van der Waals surface area contributed by atoms with Gasteiger partial charge in [0.05, 0.1) is 39.6 Å². The molecule has 1 aliphatic heterocycles. The number of urea groups is 1. The monoisotopic (exact) mass is 560 g/mol. The second-order valence-electron chi connectivity index (χ2n) is 8.02. The van der Waals surface area contributed by atoms with Crippen molar-refractivity contribution in [3.05, 3.63) is 18.2 Å². The second-order valence-corrected chi connectivity index (χ2v) is 8.43. The first-order valence-electron chi connectivity index (χ1n) is 11.9. The number of aliphatic hydroxyl groups is 3. The predicted molar refractivity (Wildman–Crippen MR) is 139 cm³/mol. The Labute approximate surface area is 225 Å². The normalized spacial score (nSPS) is 22.8. The fourth-order valence-electron chi connectivity index (χ4n) is 3.31. The predicted octanol–water partition coefficient (Wildman–Crippen LogP) is -1.89. The van der Waals surface area contributed by atoms with E-state index in [9.17, 15) is 24.9 Å². The third-order valence-corrected chi connectivity index (χ3v) is 5.37. The topological polar surface area (TPSA) is 205 Å². The number of carbonyl (C=O) groups is 2. The molecule has 1 aliphatic rings. The van der Waals surface area contributed by atoms with E-state index in [0.717, 1.165) is 0 Å². The molecule has 0 saturated carbocycles. The van der Waals surface area contributed by atoms with Crippen LogP contribution in [0.25, 0.3) is 0 Å². The Hall–Kier alpha value is -2.70. The molecule has 0 aromatic carbocycles. The molecule has 16 heteroatoms. The smallest absolute Gasteiger partial charge is 0.320 e. The summed E-state index contributed by atoms with van der Waals surface area (Å²) in [4.78, 5) is 27.0. The van der Waals surface area contributed by atoms with Gasteiger partial charge in [-0.3, -0.25) is 10.1 Å². The average Bonchev–Trinajstić information content (AvgIpc) is 2.88. The zero-order chi connectivity index (χ0) is 27.9. The van der Waals surface area contributed by atoms with Gasteiger partial charge >= 0.3 is 6.03 Å². The van der Waals surface area contributed by atoms with Gasteiger partial charge in [-0.1, -0.05) is 6.07 Å². The van der Waals surface area contributed by atoms with E-state index in [0.29, 0.717) is 43.1 Å². The maximum absolute atomic E-state index is 11.4. The number of aromatic nitrogens is 1. The molecule has 1 aromatic rings. The fraction of sp³-hybridized carbons (Fsp3) is 0.636. The van der Waals surface area contributed by atoms with Gasteiger partial charge in [0.15, 0.2) is 11.4 Å². The van der Waals surface area contributed by atoms with Crippen molar-refractivity contribution < 1.29 is 43.9 Å². The van der Waals surface area contributed by atoms with Gasteiger partial charge in [0.25, 0.3) is 0 Å². The zero-order valence-corrected chi connectivity index (χ0v) is 22.0. The van der Waals surface area contributed by atoms with Gasteiger partial charge in [-0.25, -0.2) is 9.78 Å². The van der Waals surface area contributed by atoms with Crippen LogP contribution in [0.1, 0.15) is 6.92 Å². The molecule has 2 heterocycles. The van der Waals surface area contributed by atoms with Gasteiger partial charge in [0.1, 0.15) is 36.0 Å². The first-order valence-corrected chi connectivity index (χ1v) is 12.3. The van der Waals surface area contributed by atoms with E-state index < -0.39 is 43.2 Å². The number of hydrogen-bond donors (Lipinski definition) is 8. The van der Waals surface area contributed by atoms with Crippen LogP contribution in [0.5, 0.6) is 0 Å². The molecule has 1 fully saturated rings. The van der Waals surface area contributed by atoms with E-state index in [1.54, 1.807) is 18.2 Å². The minimum atomic E-state index is -1.37. The SMILES string of the molecule is CNC(=O)Nc1cccc(NC(=S)NCCOCCOCCO[C@@H]2OC(CO)[C@@H](O)[C@H](O)C2NC(C)=O)n1. The maximum Gasteiger partial charge on any atom is 0.320 e. The molecule has 0 spiro atoms. The van der Waals surface area contributed by atoms with Crippen molar-refractivity contribution in [3.8, 4) is 0 Å². The Balaban J connectivity index is 1.56. The summed E-state index contributed by atoms with van der Waals surface area (Å²) in [5, 5.41) is 43.3. The van der Waals surface area contributed by atoms with Gasteiger partial charge < -0.3 is 55.5 Å². The number of amides is 3. The second kappa shape index (κ2) is 17.0. The first kappa shape index (κ1) is 31.5. The van der Waals surface area contributed by atoms with Crippen molar-refractivity contribution in [2.45, 2.75) is 37.6 Å². The van der Waals surface area contributed by atoms with Crippen molar-refractivity contribution in [3.63, 3.8) is 0 Å².